The number of aliphatic hydroxyl groups excluding tert-OH is 1. The second-order valence-corrected chi connectivity index (χ2v) is 7.36. The molecule has 0 fully saturated rings. The molecular weight excluding hydrogens is 408 g/mol. The highest BCUT2D eigenvalue weighted by Gasteiger charge is 2.18. The third-order valence-electron chi connectivity index (χ3n) is 4.42. The predicted molar refractivity (Wildman–Crippen MR) is 116 cm³/mol. The van der Waals surface area contributed by atoms with Gasteiger partial charge in [-0.3, -0.25) is 15.1 Å². The number of benzene rings is 1. The van der Waals surface area contributed by atoms with E-state index in [9.17, 15) is 15.2 Å². The summed E-state index contributed by atoms with van der Waals surface area (Å²) in [5.41, 5.74) is 1.38. The third-order valence-corrected chi connectivity index (χ3v) is 4.65. The van der Waals surface area contributed by atoms with Gasteiger partial charge in [-0.25, -0.2) is 4.98 Å². The summed E-state index contributed by atoms with van der Waals surface area (Å²) >= 11 is 6.02. The fraction of sp³-hybridized carbons (Fsp3) is 0.250. The molecule has 0 aliphatic rings. The van der Waals surface area contributed by atoms with Crippen molar-refractivity contribution in [1.82, 2.24) is 15.0 Å². The minimum absolute atomic E-state index is 0.0966. The number of hydrogen-bond acceptors (Lipinski definition) is 8. The Bertz CT molecular complexity index is 1030. The molecule has 0 spiro atoms. The van der Waals surface area contributed by atoms with E-state index in [0.29, 0.717) is 16.5 Å². The van der Waals surface area contributed by atoms with Gasteiger partial charge in [-0.1, -0.05) is 25.4 Å². The first-order valence-corrected chi connectivity index (χ1v) is 9.63. The van der Waals surface area contributed by atoms with Crippen molar-refractivity contribution in [2.75, 3.05) is 17.2 Å². The maximum atomic E-state index is 11.4. The van der Waals surface area contributed by atoms with Gasteiger partial charge in [0.25, 0.3) is 5.69 Å². The topological polar surface area (TPSA) is 126 Å². The van der Waals surface area contributed by atoms with E-state index >= 15 is 0 Å². The van der Waals surface area contributed by atoms with E-state index in [-0.39, 0.29) is 35.9 Å². The first-order valence-electron chi connectivity index (χ1n) is 9.25. The summed E-state index contributed by atoms with van der Waals surface area (Å²) in [6, 6.07) is 9.27. The molecule has 3 aromatic rings. The molecule has 10 heteroatoms. The monoisotopic (exact) mass is 428 g/mol. The van der Waals surface area contributed by atoms with Crippen LogP contribution >= 0.6 is 11.6 Å². The Morgan fingerprint density at radius 3 is 2.67 bits per heavy atom. The van der Waals surface area contributed by atoms with Crippen molar-refractivity contribution >= 4 is 34.7 Å². The van der Waals surface area contributed by atoms with Crippen LogP contribution in [0, 0.1) is 16.0 Å². The molecule has 3 N–H and O–H groups in total. The van der Waals surface area contributed by atoms with Gasteiger partial charge in [0.15, 0.2) is 0 Å². The fourth-order valence-electron chi connectivity index (χ4n) is 2.73. The van der Waals surface area contributed by atoms with E-state index in [1.165, 1.54) is 18.2 Å². The molecule has 3 rings (SSSR count). The SMILES string of the molecule is CC(C)[C@H](CO)Nc1nc(Nc2cc(Cl)ccc2[N+](=O)[O-])cc(-c2cccnc2)n1. The Labute approximate surface area is 178 Å². The van der Waals surface area contributed by atoms with Gasteiger partial charge >= 0.3 is 0 Å². The largest absolute Gasteiger partial charge is 0.394 e. The average molecular weight is 429 g/mol. The first kappa shape index (κ1) is 21.4. The average Bonchev–Trinajstić information content (AvgIpc) is 2.72. The van der Waals surface area contributed by atoms with Crippen molar-refractivity contribution in [1.29, 1.82) is 0 Å². The molecule has 0 bridgehead atoms. The van der Waals surface area contributed by atoms with Gasteiger partial charge in [-0.2, -0.15) is 4.98 Å². The van der Waals surface area contributed by atoms with E-state index < -0.39 is 4.92 Å². The lowest BCUT2D eigenvalue weighted by Crippen LogP contribution is -2.30. The van der Waals surface area contributed by atoms with E-state index in [4.69, 9.17) is 11.6 Å². The summed E-state index contributed by atoms with van der Waals surface area (Å²) in [5.74, 6) is 0.736. The molecule has 156 valence electrons. The summed E-state index contributed by atoms with van der Waals surface area (Å²) < 4.78 is 0. The zero-order valence-electron chi connectivity index (χ0n) is 16.4. The molecule has 1 aromatic carbocycles. The Morgan fingerprint density at radius 1 is 1.23 bits per heavy atom. The van der Waals surface area contributed by atoms with Crippen molar-refractivity contribution in [3.05, 3.63) is 63.9 Å². The molecule has 0 unspecified atom stereocenters. The minimum Gasteiger partial charge on any atom is -0.394 e. The van der Waals surface area contributed by atoms with Gasteiger partial charge in [0.1, 0.15) is 11.5 Å². The molecule has 2 aromatic heterocycles. The van der Waals surface area contributed by atoms with Crippen LogP contribution in [0.2, 0.25) is 5.02 Å². The second kappa shape index (κ2) is 9.47. The molecule has 9 nitrogen and oxygen atoms in total. The van der Waals surface area contributed by atoms with Crippen molar-refractivity contribution in [3.8, 4) is 11.3 Å². The van der Waals surface area contributed by atoms with E-state index in [1.54, 1.807) is 24.5 Å². The number of aromatic nitrogens is 3. The van der Waals surface area contributed by atoms with Crippen LogP contribution in [-0.2, 0) is 0 Å². The second-order valence-electron chi connectivity index (χ2n) is 6.92. The van der Waals surface area contributed by atoms with Crippen LogP contribution in [-0.4, -0.2) is 37.6 Å². The summed E-state index contributed by atoms with van der Waals surface area (Å²) in [4.78, 5) is 23.9. The highest BCUT2D eigenvalue weighted by Crippen LogP contribution is 2.31. The molecule has 0 saturated carbocycles. The number of pyridine rings is 1. The summed E-state index contributed by atoms with van der Waals surface area (Å²) in [5, 5.41) is 27.5. The maximum Gasteiger partial charge on any atom is 0.292 e. The van der Waals surface area contributed by atoms with Gasteiger partial charge < -0.3 is 15.7 Å². The molecule has 0 radical (unpaired) electrons. The Morgan fingerprint density at radius 2 is 2.03 bits per heavy atom. The number of nitrogens with one attached hydrogen (secondary N) is 2. The minimum atomic E-state index is -0.498. The van der Waals surface area contributed by atoms with Crippen molar-refractivity contribution in [3.63, 3.8) is 0 Å². The highest BCUT2D eigenvalue weighted by atomic mass is 35.5. The van der Waals surface area contributed by atoms with Crippen LogP contribution in [0.25, 0.3) is 11.3 Å². The number of rotatable bonds is 8. The molecule has 2 heterocycles. The number of nitro groups is 1. The van der Waals surface area contributed by atoms with Crippen molar-refractivity contribution in [2.45, 2.75) is 19.9 Å². The van der Waals surface area contributed by atoms with E-state index in [1.807, 2.05) is 19.9 Å². The molecular formula is C20H21ClN6O3. The molecule has 0 saturated heterocycles. The fourth-order valence-corrected chi connectivity index (χ4v) is 2.90. The van der Waals surface area contributed by atoms with Crippen LogP contribution < -0.4 is 10.6 Å². The Balaban J connectivity index is 2.04. The zero-order valence-corrected chi connectivity index (χ0v) is 17.2. The van der Waals surface area contributed by atoms with E-state index in [0.717, 1.165) is 5.56 Å². The molecule has 30 heavy (non-hydrogen) atoms. The zero-order chi connectivity index (χ0) is 21.7. The third kappa shape index (κ3) is 5.19. The summed E-state index contributed by atoms with van der Waals surface area (Å²) in [6.45, 7) is 3.83. The Kier molecular flexibility index (Phi) is 6.76. The van der Waals surface area contributed by atoms with Crippen molar-refractivity contribution in [2.24, 2.45) is 5.92 Å². The van der Waals surface area contributed by atoms with Crippen LogP contribution in [0.15, 0.2) is 48.8 Å². The van der Waals surface area contributed by atoms with Crippen LogP contribution in [0.3, 0.4) is 0 Å². The highest BCUT2D eigenvalue weighted by molar-refractivity contribution is 6.31. The maximum absolute atomic E-state index is 11.4. The number of nitro benzene ring substituents is 1. The lowest BCUT2D eigenvalue weighted by molar-refractivity contribution is -0.383. The smallest absolute Gasteiger partial charge is 0.292 e. The first-order chi connectivity index (χ1) is 14.4. The quantitative estimate of drug-likeness (QED) is 0.358. The molecule has 0 aliphatic carbocycles. The van der Waals surface area contributed by atoms with Crippen LogP contribution in [0.1, 0.15) is 13.8 Å². The van der Waals surface area contributed by atoms with Crippen LogP contribution in [0.5, 0.6) is 0 Å². The number of aliphatic hydroxyl groups is 1. The number of nitrogens with zero attached hydrogens (tertiary/aromatic N) is 4. The molecule has 0 amide bonds. The van der Waals surface area contributed by atoms with Gasteiger partial charge in [0.05, 0.1) is 23.3 Å². The van der Waals surface area contributed by atoms with Gasteiger partial charge in [-0.15, -0.1) is 0 Å². The number of halogens is 1. The number of anilines is 3. The molecule has 0 aliphatic heterocycles. The van der Waals surface area contributed by atoms with Crippen LogP contribution in [0.4, 0.5) is 23.1 Å². The summed E-state index contributed by atoms with van der Waals surface area (Å²) in [6.07, 6.45) is 3.31. The van der Waals surface area contributed by atoms with Gasteiger partial charge in [0, 0.05) is 35.1 Å². The lowest BCUT2D eigenvalue weighted by Gasteiger charge is -2.20. The predicted octanol–water partition coefficient (Wildman–Crippen LogP) is 4.27. The van der Waals surface area contributed by atoms with Gasteiger partial charge in [-0.05, 0) is 30.2 Å². The normalized spacial score (nSPS) is 11.9. The number of hydrogen-bond donors (Lipinski definition) is 3. The lowest BCUT2D eigenvalue weighted by atomic mass is 10.1. The van der Waals surface area contributed by atoms with Crippen molar-refractivity contribution < 1.29 is 10.0 Å². The molecule has 1 atom stereocenters. The Hall–Kier alpha value is -3.30. The standard InChI is InChI=1S/C20H21ClN6O3/c1-12(2)17(11-28)25-20-24-15(13-4-3-7-22-10-13)9-19(26-20)23-16-8-14(21)5-6-18(16)27(29)30/h3-10,12,17,28H,11H2,1-2H3,(H2,23,24,25,26)/t17-/m0/s1. The summed E-state index contributed by atoms with van der Waals surface area (Å²) in [7, 11) is 0. The van der Waals surface area contributed by atoms with Gasteiger partial charge in [0.2, 0.25) is 5.95 Å². The van der Waals surface area contributed by atoms with E-state index in [2.05, 4.69) is 25.6 Å².